The van der Waals surface area contributed by atoms with Gasteiger partial charge in [0, 0.05) is 11.1 Å². The molecule has 0 aliphatic carbocycles. The topological polar surface area (TPSA) is 74.6 Å². The molecule has 2 aromatic rings. The van der Waals surface area contributed by atoms with E-state index in [0.717, 1.165) is 11.1 Å². The molecule has 2 N–H and O–H groups in total. The smallest absolute Gasteiger partial charge is 0.331 e. The molecule has 138 valence electrons. The number of carboxylic acids is 2. The van der Waals surface area contributed by atoms with Gasteiger partial charge in [0.2, 0.25) is 0 Å². The summed E-state index contributed by atoms with van der Waals surface area (Å²) in [6, 6.07) is 20.1. The van der Waals surface area contributed by atoms with Crippen LogP contribution in [0.3, 0.4) is 0 Å². The Balaban J connectivity index is 2.53. The number of carbonyl (C=O) groups is 2. The Hall–Kier alpha value is -3.14. The quantitative estimate of drug-likeness (QED) is 0.698. The van der Waals surface area contributed by atoms with Gasteiger partial charge in [-0.05, 0) is 60.6 Å². The summed E-state index contributed by atoms with van der Waals surface area (Å²) in [6.45, 7) is 5.07. The highest BCUT2D eigenvalue weighted by Crippen LogP contribution is 2.35. The third-order valence-electron chi connectivity index (χ3n) is 4.60. The van der Waals surface area contributed by atoms with Crippen LogP contribution in [-0.2, 0) is 9.59 Å². The minimum atomic E-state index is -0.987. The molecular weight excluding hydrogens is 340 g/mol. The van der Waals surface area contributed by atoms with E-state index < -0.39 is 11.9 Å². The van der Waals surface area contributed by atoms with E-state index in [-0.39, 0.29) is 17.1 Å². The van der Waals surface area contributed by atoms with E-state index in [2.05, 4.69) is 12.1 Å². The van der Waals surface area contributed by atoms with Crippen molar-refractivity contribution in [2.75, 3.05) is 0 Å². The third kappa shape index (κ3) is 4.94. The van der Waals surface area contributed by atoms with Crippen molar-refractivity contribution in [1.82, 2.24) is 0 Å². The number of allylic oxidation sites excluding steroid dienone is 2. The maximum absolute atomic E-state index is 11.6. The number of carboxylic acid groups (broad SMARTS) is 2. The van der Waals surface area contributed by atoms with Crippen LogP contribution in [0.2, 0.25) is 0 Å². The largest absolute Gasteiger partial charge is 0.478 e. The molecule has 2 rings (SSSR count). The Morgan fingerprint density at radius 1 is 0.852 bits per heavy atom. The lowest BCUT2D eigenvalue weighted by Crippen LogP contribution is -2.10. The Bertz CT molecular complexity index is 877. The predicted octanol–water partition coefficient (Wildman–Crippen LogP) is 4.73. The molecule has 2 radical (unpaired) electrons. The monoisotopic (exact) mass is 362 g/mol. The summed E-state index contributed by atoms with van der Waals surface area (Å²) in [5.41, 5.74) is 3.48. The fraction of sp³-hybridized carbons (Fsp3) is 0.217. The molecule has 27 heavy (non-hydrogen) atoms. The van der Waals surface area contributed by atoms with Crippen molar-refractivity contribution in [1.29, 1.82) is 0 Å². The second-order valence-electron chi connectivity index (χ2n) is 6.44. The first kappa shape index (κ1) is 20.2. The molecule has 0 bridgehead atoms. The molecule has 2 aromatic carbocycles. The zero-order chi connectivity index (χ0) is 20.0. The van der Waals surface area contributed by atoms with E-state index in [1.807, 2.05) is 31.2 Å². The molecule has 1 atom stereocenters. The van der Waals surface area contributed by atoms with Crippen LogP contribution in [0.1, 0.15) is 38.3 Å². The first-order valence-corrected chi connectivity index (χ1v) is 8.63. The molecule has 4 nitrogen and oxygen atoms in total. The number of benzene rings is 2. The van der Waals surface area contributed by atoms with Crippen molar-refractivity contribution >= 4 is 23.1 Å². The Morgan fingerprint density at radius 2 is 1.30 bits per heavy atom. The third-order valence-corrected chi connectivity index (χ3v) is 4.60. The number of aliphatic carboxylic acids is 2. The second kappa shape index (κ2) is 8.99. The number of rotatable bonds is 7. The van der Waals surface area contributed by atoms with E-state index in [4.69, 9.17) is 0 Å². The Morgan fingerprint density at radius 3 is 1.74 bits per heavy atom. The van der Waals surface area contributed by atoms with Gasteiger partial charge in [-0.1, -0.05) is 55.5 Å². The minimum absolute atomic E-state index is 0.197. The van der Waals surface area contributed by atoms with Gasteiger partial charge in [-0.15, -0.1) is 0 Å². The van der Waals surface area contributed by atoms with E-state index in [0.29, 0.717) is 17.6 Å². The summed E-state index contributed by atoms with van der Waals surface area (Å²) in [5, 5.41) is 19.0. The van der Waals surface area contributed by atoms with Gasteiger partial charge in [0.15, 0.2) is 0 Å². The second-order valence-corrected chi connectivity index (χ2v) is 6.44. The number of hydrogen-bond donors (Lipinski definition) is 2. The molecular formula is C23H22O4. The molecule has 0 saturated carbocycles. The summed E-state index contributed by atoms with van der Waals surface area (Å²) >= 11 is 0. The van der Waals surface area contributed by atoms with Gasteiger partial charge < -0.3 is 10.2 Å². The van der Waals surface area contributed by atoms with Gasteiger partial charge in [-0.2, -0.15) is 0 Å². The van der Waals surface area contributed by atoms with Crippen LogP contribution in [0.15, 0.2) is 59.7 Å². The predicted molar refractivity (Wildman–Crippen MR) is 105 cm³/mol. The highest BCUT2D eigenvalue weighted by Gasteiger charge is 2.21. The fourth-order valence-corrected chi connectivity index (χ4v) is 3.17. The minimum Gasteiger partial charge on any atom is -0.478 e. The summed E-state index contributed by atoms with van der Waals surface area (Å²) in [4.78, 5) is 23.2. The lowest BCUT2D eigenvalue weighted by molar-refractivity contribution is -0.133. The van der Waals surface area contributed by atoms with Crippen molar-refractivity contribution in [2.24, 2.45) is 5.92 Å². The lowest BCUT2D eigenvalue weighted by Gasteiger charge is -2.21. The van der Waals surface area contributed by atoms with Gasteiger partial charge >= 0.3 is 11.9 Å². The van der Waals surface area contributed by atoms with Crippen molar-refractivity contribution in [2.45, 2.75) is 27.2 Å². The van der Waals surface area contributed by atoms with E-state index in [1.54, 1.807) is 38.1 Å². The molecule has 0 aliphatic rings. The van der Waals surface area contributed by atoms with Gasteiger partial charge in [0.25, 0.3) is 0 Å². The SMILES string of the molecule is CC(C(=O)O)=C(CC(C)C(=C(C)C(=O)O)c1cc[c]cc1)c1cc[c]cc1. The normalized spacial score (nSPS) is 14.0. The lowest BCUT2D eigenvalue weighted by atomic mass is 9.83. The van der Waals surface area contributed by atoms with Crippen molar-refractivity contribution in [3.63, 3.8) is 0 Å². The van der Waals surface area contributed by atoms with Gasteiger partial charge in [0.05, 0.1) is 0 Å². The summed E-state index contributed by atoms with van der Waals surface area (Å²) in [7, 11) is 0. The van der Waals surface area contributed by atoms with Gasteiger partial charge in [-0.25, -0.2) is 9.59 Å². The van der Waals surface area contributed by atoms with Gasteiger partial charge in [0.1, 0.15) is 0 Å². The molecule has 0 fully saturated rings. The summed E-state index contributed by atoms with van der Waals surface area (Å²) < 4.78 is 0. The fourth-order valence-electron chi connectivity index (χ4n) is 3.17. The van der Waals surface area contributed by atoms with Crippen molar-refractivity contribution in [3.05, 3.63) is 82.9 Å². The van der Waals surface area contributed by atoms with Crippen LogP contribution in [0.25, 0.3) is 11.1 Å². The molecule has 0 spiro atoms. The van der Waals surface area contributed by atoms with E-state index >= 15 is 0 Å². The van der Waals surface area contributed by atoms with E-state index in [9.17, 15) is 19.8 Å². The zero-order valence-corrected chi connectivity index (χ0v) is 15.6. The Kier molecular flexibility index (Phi) is 6.72. The molecule has 0 saturated heterocycles. The molecule has 0 aliphatic heterocycles. The Labute approximate surface area is 159 Å². The molecule has 1 unspecified atom stereocenters. The molecule has 0 aromatic heterocycles. The number of hydrogen-bond acceptors (Lipinski definition) is 2. The average molecular weight is 362 g/mol. The van der Waals surface area contributed by atoms with Crippen LogP contribution in [0, 0.1) is 18.1 Å². The molecule has 0 amide bonds. The van der Waals surface area contributed by atoms with Crippen molar-refractivity contribution < 1.29 is 19.8 Å². The van der Waals surface area contributed by atoms with Crippen LogP contribution in [0.4, 0.5) is 0 Å². The molecule has 4 heteroatoms. The first-order valence-electron chi connectivity index (χ1n) is 8.63. The highest BCUT2D eigenvalue weighted by atomic mass is 16.4. The zero-order valence-electron chi connectivity index (χ0n) is 15.6. The first-order chi connectivity index (χ1) is 12.8. The average Bonchev–Trinajstić information content (AvgIpc) is 2.67. The maximum Gasteiger partial charge on any atom is 0.331 e. The van der Waals surface area contributed by atoms with Crippen LogP contribution >= 0.6 is 0 Å². The highest BCUT2D eigenvalue weighted by molar-refractivity contribution is 5.98. The maximum atomic E-state index is 11.6. The summed E-state index contributed by atoms with van der Waals surface area (Å²) in [5.74, 6) is -2.17. The van der Waals surface area contributed by atoms with Crippen LogP contribution in [-0.4, -0.2) is 22.2 Å². The van der Waals surface area contributed by atoms with Crippen molar-refractivity contribution in [3.8, 4) is 0 Å². The van der Waals surface area contributed by atoms with E-state index in [1.165, 1.54) is 0 Å². The standard InChI is InChI=1S/C23H22O4/c1-15(21(17(3)23(26)27)19-12-8-5-9-13-19)14-20(16(2)22(24)25)18-10-6-4-7-11-18/h6-13,15H,14H2,1-3H3,(H,24,25)(H,26,27). The van der Waals surface area contributed by atoms with Crippen LogP contribution in [0.5, 0.6) is 0 Å². The molecule has 0 heterocycles. The van der Waals surface area contributed by atoms with Crippen LogP contribution < -0.4 is 0 Å². The van der Waals surface area contributed by atoms with Gasteiger partial charge in [-0.3, -0.25) is 0 Å². The summed E-state index contributed by atoms with van der Waals surface area (Å²) in [6.07, 6.45) is 0.403.